The van der Waals surface area contributed by atoms with Crippen LogP contribution < -0.4 is 9.64 Å². The van der Waals surface area contributed by atoms with E-state index >= 15 is 0 Å². The maximum Gasteiger partial charge on any atom is 0.270 e. The van der Waals surface area contributed by atoms with Gasteiger partial charge in [0, 0.05) is 29.9 Å². The van der Waals surface area contributed by atoms with E-state index < -0.39 is 11.0 Å². The van der Waals surface area contributed by atoms with E-state index in [2.05, 4.69) is 4.57 Å². The predicted octanol–water partition coefficient (Wildman–Crippen LogP) is 5.13. The van der Waals surface area contributed by atoms with E-state index in [1.165, 1.54) is 18.2 Å². The number of rotatable bonds is 7. The van der Waals surface area contributed by atoms with E-state index in [-0.39, 0.29) is 35.7 Å². The van der Waals surface area contributed by atoms with Gasteiger partial charge in [-0.25, -0.2) is 0 Å². The number of nitro benzene ring substituents is 1. The van der Waals surface area contributed by atoms with E-state index in [9.17, 15) is 19.7 Å². The van der Waals surface area contributed by atoms with E-state index in [1.54, 1.807) is 23.0 Å². The summed E-state index contributed by atoms with van der Waals surface area (Å²) in [6.07, 6.45) is 3.55. The number of hydrogen-bond acceptors (Lipinski definition) is 5. The van der Waals surface area contributed by atoms with Gasteiger partial charge in [-0.3, -0.25) is 24.6 Å². The lowest BCUT2D eigenvalue weighted by atomic mass is 9.97. The van der Waals surface area contributed by atoms with Gasteiger partial charge < -0.3 is 14.2 Å². The number of methoxy groups -OCH3 is 1. The predicted molar refractivity (Wildman–Crippen MR) is 145 cm³/mol. The Balaban J connectivity index is 1.39. The van der Waals surface area contributed by atoms with Gasteiger partial charge in [-0.1, -0.05) is 30.3 Å². The fourth-order valence-corrected chi connectivity index (χ4v) is 5.26. The molecule has 196 valence electrons. The van der Waals surface area contributed by atoms with Gasteiger partial charge in [0.05, 0.1) is 29.1 Å². The molecule has 6 rings (SSSR count). The van der Waals surface area contributed by atoms with Crippen molar-refractivity contribution < 1.29 is 19.2 Å². The number of non-ortho nitro benzene ring substituents is 1. The molecule has 0 radical (unpaired) electrons. The number of para-hydroxylation sites is 2. The highest BCUT2D eigenvalue weighted by molar-refractivity contribution is 6.03. The van der Waals surface area contributed by atoms with Crippen LogP contribution in [0, 0.1) is 10.1 Å². The Labute approximate surface area is 225 Å². The molecule has 0 bridgehead atoms. The van der Waals surface area contributed by atoms with Crippen LogP contribution in [0.3, 0.4) is 0 Å². The van der Waals surface area contributed by atoms with E-state index in [0.29, 0.717) is 5.75 Å². The molecule has 1 atom stereocenters. The van der Waals surface area contributed by atoms with Crippen LogP contribution in [0.25, 0.3) is 5.69 Å². The Kier molecular flexibility index (Phi) is 6.11. The molecule has 9 heteroatoms. The maximum absolute atomic E-state index is 14.2. The summed E-state index contributed by atoms with van der Waals surface area (Å²) >= 11 is 0. The van der Waals surface area contributed by atoms with Crippen LogP contribution in [0.15, 0.2) is 91.1 Å². The first-order valence-corrected chi connectivity index (χ1v) is 12.7. The van der Waals surface area contributed by atoms with Crippen molar-refractivity contribution in [2.75, 3.05) is 18.6 Å². The minimum absolute atomic E-state index is 0.0796. The number of nitrogens with zero attached hydrogens (tertiary/aromatic N) is 4. The van der Waals surface area contributed by atoms with Crippen molar-refractivity contribution >= 4 is 23.2 Å². The number of anilines is 1. The van der Waals surface area contributed by atoms with Gasteiger partial charge in [-0.05, 0) is 60.9 Å². The molecule has 1 aromatic heterocycles. The van der Waals surface area contributed by atoms with Crippen molar-refractivity contribution in [3.63, 3.8) is 0 Å². The molecule has 9 nitrogen and oxygen atoms in total. The molecule has 2 heterocycles. The Bertz CT molecular complexity index is 1570. The Morgan fingerprint density at radius 2 is 1.72 bits per heavy atom. The van der Waals surface area contributed by atoms with Gasteiger partial charge in [-0.15, -0.1) is 0 Å². The molecule has 1 aliphatic heterocycles. The lowest BCUT2D eigenvalue weighted by Crippen LogP contribution is -2.47. The molecule has 1 unspecified atom stereocenters. The van der Waals surface area contributed by atoms with E-state index in [4.69, 9.17) is 4.74 Å². The number of ether oxygens (including phenoxy) is 1. The monoisotopic (exact) mass is 522 g/mol. The summed E-state index contributed by atoms with van der Waals surface area (Å²) in [7, 11) is 1.61. The maximum atomic E-state index is 14.2. The summed E-state index contributed by atoms with van der Waals surface area (Å²) in [5, 5.41) is 11.3. The number of hydrogen-bond donors (Lipinski definition) is 0. The topological polar surface area (TPSA) is 97.9 Å². The van der Waals surface area contributed by atoms with Crippen LogP contribution >= 0.6 is 0 Å². The fraction of sp³-hybridized carbons (Fsp3) is 0.200. The highest BCUT2D eigenvalue weighted by atomic mass is 16.6. The van der Waals surface area contributed by atoms with Crippen molar-refractivity contribution in [1.29, 1.82) is 0 Å². The first-order valence-electron chi connectivity index (χ1n) is 12.7. The first kappa shape index (κ1) is 24.4. The molecular formula is C30H26N4O5. The number of aromatic nitrogens is 1. The number of fused-ring (bicyclic) bond motifs is 3. The number of amides is 2. The zero-order valence-electron chi connectivity index (χ0n) is 21.3. The number of carbonyl (C=O) groups is 2. The van der Waals surface area contributed by atoms with Gasteiger partial charge in [-0.2, -0.15) is 0 Å². The lowest BCUT2D eigenvalue weighted by Gasteiger charge is -2.39. The third-order valence-electron chi connectivity index (χ3n) is 7.28. The smallest absolute Gasteiger partial charge is 0.270 e. The van der Waals surface area contributed by atoms with Crippen molar-refractivity contribution in [3.8, 4) is 11.4 Å². The Morgan fingerprint density at radius 1 is 0.974 bits per heavy atom. The SMILES string of the molecule is COc1ccc(C2c3cccn3-c3ccccc3N2C(=O)CN(C(=O)c2cccc([N+](=O)[O-])c2)C2CC2)cc1. The average Bonchev–Trinajstić information content (AvgIpc) is 3.69. The fourth-order valence-electron chi connectivity index (χ4n) is 5.26. The molecule has 3 aromatic carbocycles. The normalized spacial score (nSPS) is 15.7. The number of benzene rings is 3. The minimum Gasteiger partial charge on any atom is -0.497 e. The van der Waals surface area contributed by atoms with Crippen molar-refractivity contribution in [1.82, 2.24) is 9.47 Å². The average molecular weight is 523 g/mol. The second-order valence-electron chi connectivity index (χ2n) is 9.70. The highest BCUT2D eigenvalue weighted by Crippen LogP contribution is 2.43. The van der Waals surface area contributed by atoms with Gasteiger partial charge in [0.1, 0.15) is 18.3 Å². The Hall–Kier alpha value is -4.92. The van der Waals surface area contributed by atoms with Crippen molar-refractivity contribution in [2.24, 2.45) is 0 Å². The molecule has 2 amide bonds. The molecule has 1 aliphatic carbocycles. The van der Waals surface area contributed by atoms with E-state index in [0.717, 1.165) is 35.5 Å². The van der Waals surface area contributed by atoms with Crippen LogP contribution in [0.2, 0.25) is 0 Å². The molecular weight excluding hydrogens is 496 g/mol. The molecule has 1 fully saturated rings. The van der Waals surface area contributed by atoms with Crippen LogP contribution in [0.5, 0.6) is 5.75 Å². The summed E-state index contributed by atoms with van der Waals surface area (Å²) in [4.78, 5) is 41.9. The quantitative estimate of drug-likeness (QED) is 0.247. The van der Waals surface area contributed by atoms with Crippen LogP contribution in [-0.4, -0.2) is 45.9 Å². The zero-order valence-corrected chi connectivity index (χ0v) is 21.3. The molecule has 39 heavy (non-hydrogen) atoms. The van der Waals surface area contributed by atoms with Crippen LogP contribution in [0.1, 0.15) is 40.5 Å². The summed E-state index contributed by atoms with van der Waals surface area (Å²) in [6.45, 7) is -0.145. The molecule has 4 aromatic rings. The summed E-state index contributed by atoms with van der Waals surface area (Å²) < 4.78 is 7.43. The van der Waals surface area contributed by atoms with Crippen molar-refractivity contribution in [3.05, 3.63) is 118 Å². The van der Waals surface area contributed by atoms with E-state index in [1.807, 2.05) is 66.9 Å². The van der Waals surface area contributed by atoms with Gasteiger partial charge >= 0.3 is 0 Å². The van der Waals surface area contributed by atoms with Gasteiger partial charge in [0.25, 0.3) is 11.6 Å². The van der Waals surface area contributed by atoms with Crippen molar-refractivity contribution in [2.45, 2.75) is 24.9 Å². The zero-order chi connectivity index (χ0) is 27.1. The molecule has 0 N–H and O–H groups in total. The highest BCUT2D eigenvalue weighted by Gasteiger charge is 2.40. The molecule has 1 saturated carbocycles. The number of carbonyl (C=O) groups excluding carboxylic acids is 2. The summed E-state index contributed by atoms with van der Waals surface area (Å²) in [5.74, 6) is 0.0938. The second-order valence-corrected chi connectivity index (χ2v) is 9.70. The molecule has 2 aliphatic rings. The number of nitro groups is 1. The van der Waals surface area contributed by atoms with Crippen LogP contribution in [0.4, 0.5) is 11.4 Å². The molecule has 0 spiro atoms. The Morgan fingerprint density at radius 3 is 2.41 bits per heavy atom. The minimum atomic E-state index is -0.525. The third-order valence-corrected chi connectivity index (χ3v) is 7.28. The standard InChI is InChI=1S/C30H26N4O5/c1-39-24-15-11-20(12-16-24)29-27-10-5-17-31(27)25-8-2-3-9-26(25)33(29)28(35)19-32(22-13-14-22)30(36)21-6-4-7-23(18-21)34(37)38/h2-12,15-18,22,29H,13-14,19H2,1H3. The van der Waals surface area contributed by atoms with Gasteiger partial charge in [0.2, 0.25) is 5.91 Å². The first-order chi connectivity index (χ1) is 19.0. The summed E-state index contributed by atoms with van der Waals surface area (Å²) in [5.41, 5.74) is 3.48. The third kappa shape index (κ3) is 4.41. The van der Waals surface area contributed by atoms with Gasteiger partial charge in [0.15, 0.2) is 0 Å². The lowest BCUT2D eigenvalue weighted by molar-refractivity contribution is -0.384. The second kappa shape index (κ2) is 9.75. The largest absolute Gasteiger partial charge is 0.497 e. The van der Waals surface area contributed by atoms with Crippen LogP contribution in [-0.2, 0) is 4.79 Å². The molecule has 0 saturated heterocycles. The summed E-state index contributed by atoms with van der Waals surface area (Å²) in [6, 6.07) is 24.5.